The van der Waals surface area contributed by atoms with Gasteiger partial charge in [-0.25, -0.2) is 9.97 Å². The van der Waals surface area contributed by atoms with Crippen molar-refractivity contribution in [1.29, 1.82) is 0 Å². The average Bonchev–Trinajstić information content (AvgIpc) is 2.06. The minimum atomic E-state index is 0.475. The largest absolute Gasteiger partial charge is 0.300 e. The highest BCUT2D eigenvalue weighted by Gasteiger charge is 1.96. The van der Waals surface area contributed by atoms with Crippen molar-refractivity contribution in [2.75, 3.05) is 0 Å². The van der Waals surface area contributed by atoms with Gasteiger partial charge in [-0.3, -0.25) is 0 Å². The van der Waals surface area contributed by atoms with Crippen molar-refractivity contribution in [3.8, 4) is 0 Å². The first-order chi connectivity index (χ1) is 5.38. The molecule has 0 aliphatic carbocycles. The smallest absolute Gasteiger partial charge is 0.161 e. The molecule has 53 valence electrons. The molecule has 3 heteroatoms. The fourth-order valence-electron chi connectivity index (χ4n) is 0.982. The number of nitrogens with one attached hydrogen (secondary N) is 1. The fourth-order valence-corrected chi connectivity index (χ4v) is 0.982. The third kappa shape index (κ3) is 0.902. The van der Waals surface area contributed by atoms with Gasteiger partial charge in [0.1, 0.15) is 0 Å². The standard InChI is InChI=1S/C8H6N3/c9-7-3-5-11-8-6(7)2-1-4-10-8/h1-5,9H. The summed E-state index contributed by atoms with van der Waals surface area (Å²) in [4.78, 5) is 8.02. The van der Waals surface area contributed by atoms with Gasteiger partial charge in [0.05, 0.1) is 5.69 Å². The monoisotopic (exact) mass is 144 g/mol. The van der Waals surface area contributed by atoms with Gasteiger partial charge >= 0.3 is 0 Å². The van der Waals surface area contributed by atoms with E-state index >= 15 is 0 Å². The first-order valence-electron chi connectivity index (χ1n) is 3.29. The van der Waals surface area contributed by atoms with Crippen molar-refractivity contribution < 1.29 is 0 Å². The molecule has 11 heavy (non-hydrogen) atoms. The van der Waals surface area contributed by atoms with Crippen LogP contribution < -0.4 is 5.73 Å². The van der Waals surface area contributed by atoms with Gasteiger partial charge in [0.2, 0.25) is 0 Å². The number of hydrogen-bond donors (Lipinski definition) is 0. The zero-order valence-corrected chi connectivity index (χ0v) is 5.78. The Labute approximate surface area is 63.9 Å². The molecule has 0 aliphatic heterocycles. The van der Waals surface area contributed by atoms with Crippen LogP contribution in [0.2, 0.25) is 0 Å². The van der Waals surface area contributed by atoms with Gasteiger partial charge in [0.25, 0.3) is 0 Å². The second-order valence-electron chi connectivity index (χ2n) is 2.23. The topological polar surface area (TPSA) is 49.6 Å². The normalized spacial score (nSPS) is 10.2. The van der Waals surface area contributed by atoms with Crippen LogP contribution in [0.25, 0.3) is 11.0 Å². The summed E-state index contributed by atoms with van der Waals surface area (Å²) in [6.07, 6.45) is 3.27. The van der Waals surface area contributed by atoms with E-state index in [1.54, 1.807) is 18.5 Å². The van der Waals surface area contributed by atoms with Gasteiger partial charge in [0, 0.05) is 17.8 Å². The molecule has 0 amide bonds. The van der Waals surface area contributed by atoms with Crippen LogP contribution in [0.1, 0.15) is 0 Å². The molecule has 1 N–H and O–H groups in total. The number of hydrogen-bond acceptors (Lipinski definition) is 2. The van der Waals surface area contributed by atoms with Crippen LogP contribution in [0.15, 0.2) is 30.6 Å². The van der Waals surface area contributed by atoms with Crippen LogP contribution in [-0.4, -0.2) is 9.97 Å². The van der Waals surface area contributed by atoms with E-state index in [1.807, 2.05) is 12.1 Å². The number of fused-ring (bicyclic) bond motifs is 1. The van der Waals surface area contributed by atoms with Gasteiger partial charge in [-0.15, -0.1) is 0 Å². The second-order valence-corrected chi connectivity index (χ2v) is 2.23. The number of rotatable bonds is 0. The van der Waals surface area contributed by atoms with E-state index in [2.05, 4.69) is 9.97 Å². The molecule has 2 rings (SSSR count). The molecule has 2 heterocycles. The van der Waals surface area contributed by atoms with Crippen LogP contribution in [0.5, 0.6) is 0 Å². The number of aromatic nitrogens is 2. The molecule has 0 unspecified atom stereocenters. The molecule has 0 saturated carbocycles. The van der Waals surface area contributed by atoms with E-state index < -0.39 is 0 Å². The quantitative estimate of drug-likeness (QED) is 0.563. The Bertz CT molecular complexity index is 378. The van der Waals surface area contributed by atoms with Crippen LogP contribution in [-0.2, 0) is 0 Å². The van der Waals surface area contributed by atoms with Gasteiger partial charge in [0.15, 0.2) is 5.65 Å². The maximum atomic E-state index is 7.48. The zero-order valence-electron chi connectivity index (χ0n) is 5.78. The Morgan fingerprint density at radius 1 is 1.09 bits per heavy atom. The molecule has 0 atom stereocenters. The fraction of sp³-hybridized carbons (Fsp3) is 0. The van der Waals surface area contributed by atoms with Crippen molar-refractivity contribution in [1.82, 2.24) is 15.7 Å². The Morgan fingerprint density at radius 2 is 1.91 bits per heavy atom. The van der Waals surface area contributed by atoms with Crippen LogP contribution in [0.4, 0.5) is 5.69 Å². The van der Waals surface area contributed by atoms with Gasteiger partial charge in [-0.1, -0.05) is 0 Å². The van der Waals surface area contributed by atoms with Crippen molar-refractivity contribution in [2.24, 2.45) is 0 Å². The average molecular weight is 144 g/mol. The Morgan fingerprint density at radius 3 is 2.73 bits per heavy atom. The maximum absolute atomic E-state index is 7.48. The molecule has 0 fully saturated rings. The predicted molar refractivity (Wildman–Crippen MR) is 42.3 cm³/mol. The molecule has 3 nitrogen and oxygen atoms in total. The summed E-state index contributed by atoms with van der Waals surface area (Å²) >= 11 is 0. The van der Waals surface area contributed by atoms with E-state index in [4.69, 9.17) is 5.73 Å². The molecule has 0 aromatic carbocycles. The van der Waals surface area contributed by atoms with Gasteiger partial charge in [-0.05, 0) is 18.2 Å². The first-order valence-corrected chi connectivity index (χ1v) is 3.29. The number of nitrogens with zero attached hydrogens (tertiary/aromatic N) is 2. The summed E-state index contributed by atoms with van der Waals surface area (Å²) in [5, 5.41) is 0.801. The third-order valence-corrected chi connectivity index (χ3v) is 1.51. The van der Waals surface area contributed by atoms with Crippen LogP contribution in [0.3, 0.4) is 0 Å². The molecule has 0 saturated heterocycles. The highest BCUT2D eigenvalue weighted by Crippen LogP contribution is 2.16. The molecule has 0 bridgehead atoms. The zero-order chi connectivity index (χ0) is 7.68. The van der Waals surface area contributed by atoms with E-state index in [0.717, 1.165) is 5.39 Å². The molecular formula is C8H6N3. The van der Waals surface area contributed by atoms with Crippen LogP contribution >= 0.6 is 0 Å². The summed E-state index contributed by atoms with van der Waals surface area (Å²) in [6.45, 7) is 0. The van der Waals surface area contributed by atoms with Crippen molar-refractivity contribution in [3.05, 3.63) is 30.6 Å². The summed E-state index contributed by atoms with van der Waals surface area (Å²) in [5.41, 5.74) is 8.60. The lowest BCUT2D eigenvalue weighted by atomic mass is 10.2. The van der Waals surface area contributed by atoms with Gasteiger partial charge < -0.3 is 5.73 Å². The molecule has 2 aromatic rings. The lowest BCUT2D eigenvalue weighted by molar-refractivity contribution is 1.28. The highest BCUT2D eigenvalue weighted by molar-refractivity contribution is 5.85. The Kier molecular flexibility index (Phi) is 1.22. The molecule has 2 aromatic heterocycles. The number of pyridine rings is 2. The third-order valence-electron chi connectivity index (χ3n) is 1.51. The minimum Gasteiger partial charge on any atom is -0.300 e. The van der Waals surface area contributed by atoms with Crippen molar-refractivity contribution in [2.45, 2.75) is 0 Å². The highest BCUT2D eigenvalue weighted by atomic mass is 14.8. The predicted octanol–water partition coefficient (Wildman–Crippen LogP) is 1.54. The Hall–Kier alpha value is -1.64. The van der Waals surface area contributed by atoms with Crippen molar-refractivity contribution >= 4 is 16.7 Å². The van der Waals surface area contributed by atoms with E-state index in [1.165, 1.54) is 0 Å². The molecule has 0 spiro atoms. The van der Waals surface area contributed by atoms with E-state index in [9.17, 15) is 0 Å². The summed E-state index contributed by atoms with van der Waals surface area (Å²) < 4.78 is 0. The van der Waals surface area contributed by atoms with E-state index in [-0.39, 0.29) is 0 Å². The van der Waals surface area contributed by atoms with Crippen LogP contribution in [0, 0.1) is 0 Å². The second kappa shape index (κ2) is 2.20. The SMILES string of the molecule is [NH]c1ccnc2ncccc12. The molecule has 1 radical (unpaired) electrons. The van der Waals surface area contributed by atoms with Gasteiger partial charge in [-0.2, -0.15) is 0 Å². The lowest BCUT2D eigenvalue weighted by Gasteiger charge is -1.95. The summed E-state index contributed by atoms with van der Waals surface area (Å²) in [6, 6.07) is 5.31. The summed E-state index contributed by atoms with van der Waals surface area (Å²) in [5.74, 6) is 0. The first kappa shape index (κ1) is 6.09. The summed E-state index contributed by atoms with van der Waals surface area (Å²) in [7, 11) is 0. The maximum Gasteiger partial charge on any atom is 0.161 e. The van der Waals surface area contributed by atoms with Crippen molar-refractivity contribution in [3.63, 3.8) is 0 Å². The minimum absolute atomic E-state index is 0.475. The van der Waals surface area contributed by atoms with E-state index in [0.29, 0.717) is 11.3 Å². The lowest BCUT2D eigenvalue weighted by Crippen LogP contribution is -1.82. The Balaban J connectivity index is 2.91. The molecule has 0 aliphatic rings. The molecular weight excluding hydrogens is 138 g/mol.